The van der Waals surface area contributed by atoms with E-state index in [9.17, 15) is 5.11 Å². The SMILES string of the molecule is CCO[C@H](CO)Cc1ccc(OCCc2nc(-c3ccccc3)oc2C)cc1. The van der Waals surface area contributed by atoms with Crippen molar-refractivity contribution in [3.63, 3.8) is 0 Å². The highest BCUT2D eigenvalue weighted by Crippen LogP contribution is 2.22. The highest BCUT2D eigenvalue weighted by atomic mass is 16.5. The maximum Gasteiger partial charge on any atom is 0.226 e. The Labute approximate surface area is 166 Å². The van der Waals surface area contributed by atoms with Gasteiger partial charge in [0.25, 0.3) is 0 Å². The minimum atomic E-state index is -0.161. The number of aromatic nitrogens is 1. The quantitative estimate of drug-likeness (QED) is 0.570. The molecule has 0 saturated carbocycles. The van der Waals surface area contributed by atoms with Crippen LogP contribution in [0.5, 0.6) is 5.75 Å². The lowest BCUT2D eigenvalue weighted by Crippen LogP contribution is -2.20. The standard InChI is InChI=1S/C23H27NO4/c1-3-26-21(16-25)15-18-9-11-20(12-10-18)27-14-13-22-17(2)28-23(24-22)19-7-5-4-6-8-19/h4-12,21,25H,3,13-16H2,1-2H3/t21-/m0/s1. The van der Waals surface area contributed by atoms with Crippen LogP contribution in [0.15, 0.2) is 59.0 Å². The van der Waals surface area contributed by atoms with Gasteiger partial charge < -0.3 is 19.0 Å². The molecule has 2 aromatic carbocycles. The second-order valence-corrected chi connectivity index (χ2v) is 6.59. The molecular weight excluding hydrogens is 354 g/mol. The van der Waals surface area contributed by atoms with Gasteiger partial charge in [0, 0.05) is 25.0 Å². The largest absolute Gasteiger partial charge is 0.493 e. The molecular formula is C23H27NO4. The summed E-state index contributed by atoms with van der Waals surface area (Å²) in [7, 11) is 0. The monoisotopic (exact) mass is 381 g/mol. The molecule has 1 N–H and O–H groups in total. The Morgan fingerprint density at radius 2 is 1.82 bits per heavy atom. The van der Waals surface area contributed by atoms with E-state index in [2.05, 4.69) is 4.98 Å². The molecule has 0 amide bonds. The summed E-state index contributed by atoms with van der Waals surface area (Å²) < 4.78 is 17.1. The number of oxazole rings is 1. The van der Waals surface area contributed by atoms with Crippen LogP contribution in [0, 0.1) is 6.92 Å². The van der Waals surface area contributed by atoms with Crippen molar-refractivity contribution in [1.82, 2.24) is 4.98 Å². The second-order valence-electron chi connectivity index (χ2n) is 6.59. The smallest absolute Gasteiger partial charge is 0.226 e. The van der Waals surface area contributed by atoms with E-state index in [1.165, 1.54) is 0 Å². The fraction of sp³-hybridized carbons (Fsp3) is 0.348. The van der Waals surface area contributed by atoms with Crippen molar-refractivity contribution in [2.45, 2.75) is 32.8 Å². The lowest BCUT2D eigenvalue weighted by atomic mass is 10.1. The molecule has 148 valence electrons. The zero-order valence-electron chi connectivity index (χ0n) is 16.4. The lowest BCUT2D eigenvalue weighted by Gasteiger charge is -2.14. The fourth-order valence-corrected chi connectivity index (χ4v) is 3.03. The topological polar surface area (TPSA) is 64.7 Å². The summed E-state index contributed by atoms with van der Waals surface area (Å²) in [6.07, 6.45) is 1.21. The molecule has 1 aromatic heterocycles. The Kier molecular flexibility index (Phi) is 7.23. The Hall–Kier alpha value is -2.63. The summed E-state index contributed by atoms with van der Waals surface area (Å²) in [6, 6.07) is 17.8. The van der Waals surface area contributed by atoms with Crippen molar-refractivity contribution < 1.29 is 19.0 Å². The molecule has 5 nitrogen and oxygen atoms in total. The summed E-state index contributed by atoms with van der Waals surface area (Å²) in [5, 5.41) is 9.33. The number of aryl methyl sites for hydroxylation is 1. The molecule has 0 aliphatic rings. The number of ether oxygens (including phenoxy) is 2. The van der Waals surface area contributed by atoms with Gasteiger partial charge in [-0.3, -0.25) is 0 Å². The summed E-state index contributed by atoms with van der Waals surface area (Å²) >= 11 is 0. The molecule has 0 bridgehead atoms. The predicted molar refractivity (Wildman–Crippen MR) is 109 cm³/mol. The minimum Gasteiger partial charge on any atom is -0.493 e. The van der Waals surface area contributed by atoms with Crippen molar-refractivity contribution in [3.05, 3.63) is 71.6 Å². The van der Waals surface area contributed by atoms with E-state index in [4.69, 9.17) is 13.9 Å². The number of benzene rings is 2. The van der Waals surface area contributed by atoms with Crippen LogP contribution in [-0.2, 0) is 17.6 Å². The van der Waals surface area contributed by atoms with Crippen LogP contribution in [-0.4, -0.2) is 36.0 Å². The van der Waals surface area contributed by atoms with Crippen molar-refractivity contribution in [3.8, 4) is 17.2 Å². The first-order chi connectivity index (χ1) is 13.7. The first kappa shape index (κ1) is 20.1. The Balaban J connectivity index is 1.52. The van der Waals surface area contributed by atoms with Crippen molar-refractivity contribution in [1.29, 1.82) is 0 Å². The summed E-state index contributed by atoms with van der Waals surface area (Å²) in [5.74, 6) is 2.28. The summed E-state index contributed by atoms with van der Waals surface area (Å²) in [4.78, 5) is 4.60. The van der Waals surface area contributed by atoms with E-state index >= 15 is 0 Å². The maximum absolute atomic E-state index is 9.33. The zero-order valence-corrected chi connectivity index (χ0v) is 16.4. The normalized spacial score (nSPS) is 12.1. The third kappa shape index (κ3) is 5.44. The number of aliphatic hydroxyl groups is 1. The van der Waals surface area contributed by atoms with E-state index in [1.54, 1.807) is 0 Å². The molecule has 0 fully saturated rings. The van der Waals surface area contributed by atoms with Crippen LogP contribution in [0.2, 0.25) is 0 Å². The Morgan fingerprint density at radius 1 is 1.07 bits per heavy atom. The van der Waals surface area contributed by atoms with Gasteiger partial charge in [0.15, 0.2) is 0 Å². The molecule has 28 heavy (non-hydrogen) atoms. The Morgan fingerprint density at radius 3 is 2.50 bits per heavy atom. The predicted octanol–water partition coefficient (Wildman–Crippen LogP) is 4.21. The van der Waals surface area contributed by atoms with Gasteiger partial charge in [-0.15, -0.1) is 0 Å². The lowest BCUT2D eigenvalue weighted by molar-refractivity contribution is 0.0207. The molecule has 1 heterocycles. The number of hydrogen-bond acceptors (Lipinski definition) is 5. The Bertz CT molecular complexity index is 843. The van der Waals surface area contributed by atoms with Gasteiger partial charge >= 0.3 is 0 Å². The van der Waals surface area contributed by atoms with Crippen molar-refractivity contribution >= 4 is 0 Å². The van der Waals surface area contributed by atoms with Crippen LogP contribution < -0.4 is 4.74 Å². The van der Waals surface area contributed by atoms with Crippen LogP contribution in [0.3, 0.4) is 0 Å². The number of nitrogens with zero attached hydrogens (tertiary/aromatic N) is 1. The molecule has 3 rings (SSSR count). The van der Waals surface area contributed by atoms with E-state index in [0.29, 0.717) is 31.9 Å². The zero-order chi connectivity index (χ0) is 19.8. The van der Waals surface area contributed by atoms with Crippen LogP contribution >= 0.6 is 0 Å². The molecule has 5 heteroatoms. The molecule has 0 unspecified atom stereocenters. The van der Waals surface area contributed by atoms with E-state index in [-0.39, 0.29) is 12.7 Å². The first-order valence-corrected chi connectivity index (χ1v) is 9.65. The molecule has 0 saturated heterocycles. The van der Waals surface area contributed by atoms with Gasteiger partial charge in [-0.2, -0.15) is 0 Å². The average Bonchev–Trinajstić information content (AvgIpc) is 3.10. The summed E-state index contributed by atoms with van der Waals surface area (Å²) in [5.41, 5.74) is 3.00. The van der Waals surface area contributed by atoms with Gasteiger partial charge in [0.05, 0.1) is 25.0 Å². The van der Waals surface area contributed by atoms with Crippen LogP contribution in [0.1, 0.15) is 23.9 Å². The maximum atomic E-state index is 9.33. The third-order valence-corrected chi connectivity index (χ3v) is 4.51. The number of rotatable bonds is 10. The number of aliphatic hydroxyl groups excluding tert-OH is 1. The fourth-order valence-electron chi connectivity index (χ4n) is 3.03. The summed E-state index contributed by atoms with van der Waals surface area (Å²) in [6.45, 7) is 5.01. The first-order valence-electron chi connectivity index (χ1n) is 9.65. The second kappa shape index (κ2) is 10.1. The highest BCUT2D eigenvalue weighted by molar-refractivity contribution is 5.53. The average molecular weight is 381 g/mol. The van der Waals surface area contributed by atoms with Gasteiger partial charge in [-0.1, -0.05) is 30.3 Å². The van der Waals surface area contributed by atoms with Crippen LogP contribution in [0.25, 0.3) is 11.5 Å². The molecule has 0 spiro atoms. The van der Waals surface area contributed by atoms with Crippen LogP contribution in [0.4, 0.5) is 0 Å². The van der Waals surface area contributed by atoms with Gasteiger partial charge in [0.1, 0.15) is 11.5 Å². The van der Waals surface area contributed by atoms with E-state index in [0.717, 1.165) is 28.3 Å². The highest BCUT2D eigenvalue weighted by Gasteiger charge is 2.11. The minimum absolute atomic E-state index is 0.0219. The molecule has 1 atom stereocenters. The van der Waals surface area contributed by atoms with Gasteiger partial charge in [-0.05, 0) is 43.7 Å². The van der Waals surface area contributed by atoms with Gasteiger partial charge in [0.2, 0.25) is 5.89 Å². The van der Waals surface area contributed by atoms with Crippen molar-refractivity contribution in [2.75, 3.05) is 19.8 Å². The molecule has 3 aromatic rings. The third-order valence-electron chi connectivity index (χ3n) is 4.51. The molecule has 0 radical (unpaired) electrons. The van der Waals surface area contributed by atoms with Crippen molar-refractivity contribution in [2.24, 2.45) is 0 Å². The number of hydrogen-bond donors (Lipinski definition) is 1. The van der Waals surface area contributed by atoms with Gasteiger partial charge in [-0.25, -0.2) is 4.98 Å². The van der Waals surface area contributed by atoms with E-state index < -0.39 is 0 Å². The molecule has 0 aliphatic carbocycles. The van der Waals surface area contributed by atoms with E-state index in [1.807, 2.05) is 68.4 Å². The molecule has 0 aliphatic heterocycles.